The van der Waals surface area contributed by atoms with Gasteiger partial charge in [0.25, 0.3) is 0 Å². The summed E-state index contributed by atoms with van der Waals surface area (Å²) in [7, 11) is 3.50. The Bertz CT molecular complexity index is 3600. The zero-order valence-corrected chi connectivity index (χ0v) is 58.3. The molecule has 4 aromatic rings. The Morgan fingerprint density at radius 1 is 0.612 bits per heavy atom. The van der Waals surface area contributed by atoms with Crippen LogP contribution in [0.2, 0.25) is 0 Å². The predicted molar refractivity (Wildman–Crippen MR) is 369 cm³/mol. The van der Waals surface area contributed by atoms with Gasteiger partial charge in [-0.15, -0.1) is 5.92 Å². The van der Waals surface area contributed by atoms with Gasteiger partial charge in [0.1, 0.15) is 11.6 Å². The van der Waals surface area contributed by atoms with Gasteiger partial charge in [0.2, 0.25) is 11.8 Å². The van der Waals surface area contributed by atoms with Crippen LogP contribution in [0, 0.1) is 17.7 Å². The summed E-state index contributed by atoms with van der Waals surface area (Å²) in [5, 5.41) is 0. The van der Waals surface area contributed by atoms with Gasteiger partial charge in [0.15, 0.2) is 6.10 Å². The minimum atomic E-state index is -4.46. The highest BCUT2D eigenvalue weighted by Crippen LogP contribution is 2.54. The van der Waals surface area contributed by atoms with E-state index in [2.05, 4.69) is 60.7 Å². The molecule has 98 heavy (non-hydrogen) atoms. The summed E-state index contributed by atoms with van der Waals surface area (Å²) in [4.78, 5) is 91.4. The maximum absolute atomic E-state index is 14.2. The zero-order chi connectivity index (χ0) is 69.3. The van der Waals surface area contributed by atoms with E-state index in [1.165, 1.54) is 60.9 Å². The number of carbonyl (C=O) groups is 5. The maximum Gasteiger partial charge on any atom is 0.416 e. The van der Waals surface area contributed by atoms with Gasteiger partial charge in [-0.1, -0.05) is 30.2 Å². The number of fused-ring (bicyclic) bond motifs is 6. The van der Waals surface area contributed by atoms with Crippen molar-refractivity contribution in [2.24, 2.45) is 0 Å². The number of benzene rings is 3. The molecule has 23 heteroatoms. The Hall–Kier alpha value is -7.55. The lowest BCUT2D eigenvalue weighted by atomic mass is 9.72. The SMILES string of the molecule is CC#CC(C)OC(=O)N1CCC(N2CCC3(CC2)CN(C(=O)N(C)C)c2ccc(F)cc23)CC1.CC(=O)N1CC2(CCN(C3CCN(c4cncc(C5CC5)n4)CC3)CC2)c2ccccc21.CCOC(=O)N1CCC(N2CCC3(CC2)CN(C(C)=O)c2cccc(C(F)(F)F)c23)CC1. The number of aromatic nitrogens is 2. The highest BCUT2D eigenvalue weighted by Gasteiger charge is 2.53. The number of hydrogen-bond donors (Lipinski definition) is 0. The summed E-state index contributed by atoms with van der Waals surface area (Å²) in [6.45, 7) is 20.7. The quantitative estimate of drug-likeness (QED) is 0.127. The van der Waals surface area contributed by atoms with Crippen molar-refractivity contribution in [3.05, 3.63) is 107 Å². The number of amides is 6. The van der Waals surface area contributed by atoms with E-state index in [-0.39, 0.29) is 46.7 Å². The number of rotatable bonds is 7. The number of likely N-dealkylation sites (tertiary alicyclic amines) is 5. The number of nitrogens with zero attached hydrogens (tertiary/aromatic N) is 12. The molecule has 7 fully saturated rings. The summed E-state index contributed by atoms with van der Waals surface area (Å²) in [6.07, 6.45) is 12.1. The summed E-state index contributed by atoms with van der Waals surface area (Å²) in [5.41, 5.74) is 4.84. The van der Waals surface area contributed by atoms with Gasteiger partial charge in [-0.3, -0.25) is 19.5 Å². The largest absolute Gasteiger partial charge is 0.450 e. The van der Waals surface area contributed by atoms with E-state index >= 15 is 0 Å². The van der Waals surface area contributed by atoms with Crippen LogP contribution in [0.25, 0.3) is 0 Å². The van der Waals surface area contributed by atoms with Crippen molar-refractivity contribution in [2.45, 2.75) is 177 Å². The smallest absolute Gasteiger partial charge is 0.416 e. The summed E-state index contributed by atoms with van der Waals surface area (Å²) in [6, 6.07) is 18.9. The van der Waals surface area contributed by atoms with Crippen LogP contribution in [0.4, 0.5) is 54.8 Å². The lowest BCUT2D eigenvalue weighted by Crippen LogP contribution is -2.53. The molecule has 14 rings (SSSR count). The third-order valence-corrected chi connectivity index (χ3v) is 23.1. The van der Waals surface area contributed by atoms with E-state index < -0.39 is 23.3 Å². The fourth-order valence-electron chi connectivity index (χ4n) is 17.5. The van der Waals surface area contributed by atoms with Crippen molar-refractivity contribution >= 4 is 52.9 Å². The Morgan fingerprint density at radius 3 is 1.65 bits per heavy atom. The number of anilines is 4. The minimum Gasteiger partial charge on any atom is -0.450 e. The van der Waals surface area contributed by atoms with Crippen LogP contribution in [0.1, 0.15) is 158 Å². The van der Waals surface area contributed by atoms with Crippen LogP contribution in [0.3, 0.4) is 0 Å². The average molecular weight is 1360 g/mol. The fraction of sp³-hybridized carbons (Fsp3) is 0.613. The lowest BCUT2D eigenvalue weighted by Gasteiger charge is -2.45. The Balaban J connectivity index is 0.000000140. The predicted octanol–water partition coefficient (Wildman–Crippen LogP) is 11.4. The lowest BCUT2D eigenvalue weighted by molar-refractivity contribution is -0.138. The first-order valence-corrected chi connectivity index (χ1v) is 35.8. The molecular formula is C75H98F4N12O7. The monoisotopic (exact) mass is 1350 g/mol. The van der Waals surface area contributed by atoms with E-state index in [9.17, 15) is 41.5 Å². The molecule has 0 radical (unpaired) electrons. The molecule has 1 aliphatic carbocycles. The second-order valence-corrected chi connectivity index (χ2v) is 29.1. The molecular weight excluding hydrogens is 1260 g/mol. The number of para-hydroxylation sites is 1. The van der Waals surface area contributed by atoms with Gasteiger partial charge in [0.05, 0.1) is 24.1 Å². The van der Waals surface area contributed by atoms with Crippen molar-refractivity contribution in [1.82, 2.24) is 39.4 Å². The van der Waals surface area contributed by atoms with Crippen molar-refractivity contribution in [3.63, 3.8) is 0 Å². The van der Waals surface area contributed by atoms with Gasteiger partial charge in [-0.25, -0.2) is 23.8 Å². The molecule has 1 aromatic heterocycles. The Labute approximate surface area is 575 Å². The molecule has 1 atom stereocenters. The average Bonchev–Trinajstić information content (AvgIpc) is 1.57. The topological polar surface area (TPSA) is 162 Å². The molecule has 6 saturated heterocycles. The summed E-state index contributed by atoms with van der Waals surface area (Å²) < 4.78 is 66.3. The van der Waals surface area contributed by atoms with Gasteiger partial charge in [-0.2, -0.15) is 13.2 Å². The first-order valence-electron chi connectivity index (χ1n) is 35.8. The van der Waals surface area contributed by atoms with Crippen LogP contribution >= 0.6 is 0 Å². The summed E-state index contributed by atoms with van der Waals surface area (Å²) >= 11 is 0. The van der Waals surface area contributed by atoms with Crippen molar-refractivity contribution < 1.29 is 51.0 Å². The number of ether oxygens (including phenoxy) is 2. The highest BCUT2D eigenvalue weighted by molar-refractivity contribution is 5.96. The molecule has 6 amide bonds. The highest BCUT2D eigenvalue weighted by atomic mass is 19.4. The van der Waals surface area contributed by atoms with E-state index in [1.54, 1.807) is 79.6 Å². The van der Waals surface area contributed by atoms with Crippen LogP contribution in [0.5, 0.6) is 0 Å². The van der Waals surface area contributed by atoms with Gasteiger partial charge in [0, 0.05) is 150 Å². The molecule has 1 unspecified atom stereocenters. The number of halogens is 4. The van der Waals surface area contributed by atoms with Crippen molar-refractivity contribution in [1.29, 1.82) is 0 Å². The molecule has 0 bridgehead atoms. The Morgan fingerprint density at radius 2 is 1.11 bits per heavy atom. The second-order valence-electron chi connectivity index (χ2n) is 29.1. The number of alkyl halides is 3. The van der Waals surface area contributed by atoms with Crippen molar-refractivity contribution in [3.8, 4) is 11.8 Å². The summed E-state index contributed by atoms with van der Waals surface area (Å²) in [5.74, 6) is 7.03. The first-order chi connectivity index (χ1) is 47.0. The fourth-order valence-corrected chi connectivity index (χ4v) is 17.5. The van der Waals surface area contributed by atoms with Gasteiger partial charge < -0.3 is 53.6 Å². The third kappa shape index (κ3) is 14.7. The molecule has 0 N–H and O–H groups in total. The number of urea groups is 1. The van der Waals surface area contributed by atoms with E-state index in [0.717, 1.165) is 126 Å². The van der Waals surface area contributed by atoms with Crippen LogP contribution in [-0.2, 0) is 41.5 Å². The molecule has 3 aromatic carbocycles. The maximum atomic E-state index is 14.2. The molecule has 10 heterocycles. The third-order valence-electron chi connectivity index (χ3n) is 23.1. The van der Waals surface area contributed by atoms with Gasteiger partial charge >= 0.3 is 24.4 Å². The first kappa shape index (κ1) is 70.3. The van der Waals surface area contributed by atoms with Crippen molar-refractivity contribution in [2.75, 3.05) is 138 Å². The van der Waals surface area contributed by atoms with Crippen LogP contribution in [0.15, 0.2) is 73.1 Å². The van der Waals surface area contributed by atoms with Crippen LogP contribution in [-0.4, -0.2) is 213 Å². The standard InChI is InChI=1S/C26H35FN4O3.C26H33N5O.C23H30F3N3O3/c1-5-6-19(2)34-25(33)30-13-9-21(10-14-30)29-15-11-26(12-16-29)18-31(24(32)28(3)4)23-8-7-20(27)17-22(23)26;1-19(32)31-18-26(22-4-2-3-5-24(22)31)10-14-29(15-11-26)21-8-12-30(13-9-21)25-17-27-16-23(28-25)20-6-7-20;1-3-32-21(31)28-11-7-17(8-12-28)27-13-9-22(10-14-27)15-29(16(2)30)19-6-4-5-18(20(19)22)23(24,25)26/h7-8,17,19,21H,9-16,18H2,1-4H3;2-5,16-17,20-21H,6-15,18H2,1H3;4-6,17H,3,7-15H2,1-2H3. The molecule has 3 spiro atoms. The molecule has 19 nitrogen and oxygen atoms in total. The van der Waals surface area contributed by atoms with E-state index in [4.69, 9.17) is 14.5 Å². The van der Waals surface area contributed by atoms with Gasteiger partial charge in [-0.05, 0) is 203 Å². The number of piperidine rings is 6. The zero-order valence-electron chi connectivity index (χ0n) is 58.3. The molecule has 10 aliphatic rings. The number of carbonyl (C=O) groups excluding carboxylic acids is 5. The normalized spacial score (nSPS) is 22.0. The molecule has 1 saturated carbocycles. The number of hydrogen-bond acceptors (Lipinski definition) is 13. The molecule has 9 aliphatic heterocycles. The molecule has 528 valence electrons. The van der Waals surface area contributed by atoms with E-state index in [1.807, 2.05) is 17.3 Å². The Kier molecular flexibility index (Phi) is 21.0. The minimum absolute atomic E-state index is 0.0642. The van der Waals surface area contributed by atoms with E-state index in [0.29, 0.717) is 107 Å². The van der Waals surface area contributed by atoms with Crippen LogP contribution < -0.4 is 19.6 Å². The second kappa shape index (κ2) is 29.3.